The minimum absolute atomic E-state index is 0.0197. The van der Waals surface area contributed by atoms with Gasteiger partial charge in [0.15, 0.2) is 5.16 Å². The van der Waals surface area contributed by atoms with E-state index >= 15 is 0 Å². The maximum absolute atomic E-state index is 12.8. The Hall–Kier alpha value is -3.05. The van der Waals surface area contributed by atoms with Crippen LogP contribution in [0.3, 0.4) is 0 Å². The molecule has 156 valence electrons. The molecule has 30 heavy (non-hydrogen) atoms. The van der Waals surface area contributed by atoms with Crippen LogP contribution in [0.1, 0.15) is 5.56 Å². The van der Waals surface area contributed by atoms with Crippen molar-refractivity contribution in [1.29, 1.82) is 0 Å². The molecule has 1 N–H and O–H groups in total. The number of carbonyl (C=O) groups is 1. The van der Waals surface area contributed by atoms with Crippen LogP contribution in [0.4, 0.5) is 24.5 Å². The van der Waals surface area contributed by atoms with Gasteiger partial charge < -0.3 is 5.32 Å². The molecule has 0 aliphatic carbocycles. The Morgan fingerprint density at radius 3 is 2.57 bits per heavy atom. The van der Waals surface area contributed by atoms with E-state index in [4.69, 9.17) is 11.6 Å². The summed E-state index contributed by atoms with van der Waals surface area (Å²) >= 11 is 6.92. The number of halogens is 4. The van der Waals surface area contributed by atoms with Crippen LogP contribution in [-0.4, -0.2) is 26.1 Å². The molecule has 0 aliphatic heterocycles. The number of benzene rings is 2. The zero-order valence-electron chi connectivity index (χ0n) is 14.9. The van der Waals surface area contributed by atoms with Crippen molar-refractivity contribution in [2.45, 2.75) is 11.3 Å². The summed E-state index contributed by atoms with van der Waals surface area (Å²) in [6, 6.07) is 8.40. The van der Waals surface area contributed by atoms with Gasteiger partial charge in [-0.3, -0.25) is 19.5 Å². The second-order valence-corrected chi connectivity index (χ2v) is 7.23. The summed E-state index contributed by atoms with van der Waals surface area (Å²) in [5, 5.41) is 13.5. The molecule has 0 saturated carbocycles. The molecule has 0 radical (unpaired) electrons. The molecule has 1 heterocycles. The van der Waals surface area contributed by atoms with E-state index in [1.165, 1.54) is 30.5 Å². The highest BCUT2D eigenvalue weighted by molar-refractivity contribution is 7.99. The molecule has 0 unspecified atom stereocenters. The lowest BCUT2D eigenvalue weighted by atomic mass is 10.2. The number of hydrogen-bond acceptors (Lipinski definition) is 5. The summed E-state index contributed by atoms with van der Waals surface area (Å²) in [4.78, 5) is 26.6. The maximum atomic E-state index is 12.8. The number of carbonyl (C=O) groups excluding carboxylic acids is 1. The van der Waals surface area contributed by atoms with E-state index in [-0.39, 0.29) is 22.2 Å². The number of hydrogen-bond donors (Lipinski definition) is 1. The van der Waals surface area contributed by atoms with Gasteiger partial charge in [-0.1, -0.05) is 23.4 Å². The number of imidazole rings is 1. The Kier molecular flexibility index (Phi) is 6.32. The van der Waals surface area contributed by atoms with Crippen LogP contribution in [0.2, 0.25) is 5.02 Å². The minimum Gasteiger partial charge on any atom is -0.324 e. The molecule has 0 spiro atoms. The number of thioether (sulfide) groups is 1. The molecule has 0 bridgehead atoms. The molecule has 0 atom stereocenters. The Morgan fingerprint density at radius 1 is 1.23 bits per heavy atom. The van der Waals surface area contributed by atoms with Gasteiger partial charge in [0.25, 0.3) is 5.69 Å². The molecule has 0 aliphatic rings. The van der Waals surface area contributed by atoms with Crippen molar-refractivity contribution < 1.29 is 22.9 Å². The van der Waals surface area contributed by atoms with E-state index in [1.807, 2.05) is 0 Å². The molecule has 0 fully saturated rings. The molecule has 12 heteroatoms. The predicted octanol–water partition coefficient (Wildman–Crippen LogP) is 5.18. The van der Waals surface area contributed by atoms with Crippen molar-refractivity contribution in [1.82, 2.24) is 9.55 Å². The van der Waals surface area contributed by atoms with Crippen LogP contribution in [0.5, 0.6) is 0 Å². The summed E-state index contributed by atoms with van der Waals surface area (Å²) in [7, 11) is 0. The summed E-state index contributed by atoms with van der Waals surface area (Å²) < 4.78 is 40.1. The van der Waals surface area contributed by atoms with Crippen LogP contribution in [0, 0.1) is 10.1 Å². The van der Waals surface area contributed by atoms with Gasteiger partial charge >= 0.3 is 6.18 Å². The number of anilines is 1. The fraction of sp³-hybridized carbons (Fsp3) is 0.111. The van der Waals surface area contributed by atoms with Crippen LogP contribution < -0.4 is 5.32 Å². The SMILES string of the molecule is O=C(CSc1nccn1-c1ccc([N+](=O)[O-])cc1)Nc1cc(C(F)(F)F)ccc1Cl. The first-order chi connectivity index (χ1) is 14.1. The highest BCUT2D eigenvalue weighted by Gasteiger charge is 2.31. The monoisotopic (exact) mass is 456 g/mol. The summed E-state index contributed by atoms with van der Waals surface area (Å²) in [5.41, 5.74) is -0.535. The number of nitro groups is 1. The van der Waals surface area contributed by atoms with Gasteiger partial charge in [0.2, 0.25) is 5.91 Å². The first kappa shape index (κ1) is 21.7. The van der Waals surface area contributed by atoms with Gasteiger partial charge in [0, 0.05) is 30.2 Å². The zero-order chi connectivity index (χ0) is 21.9. The van der Waals surface area contributed by atoms with Gasteiger partial charge in [-0.25, -0.2) is 4.98 Å². The van der Waals surface area contributed by atoms with Crippen LogP contribution in [-0.2, 0) is 11.0 Å². The number of amides is 1. The zero-order valence-corrected chi connectivity index (χ0v) is 16.5. The highest BCUT2D eigenvalue weighted by Crippen LogP contribution is 2.34. The third-order valence-electron chi connectivity index (χ3n) is 3.85. The largest absolute Gasteiger partial charge is 0.416 e. The first-order valence-corrected chi connectivity index (χ1v) is 9.59. The molecule has 2 aromatic carbocycles. The Bertz CT molecular complexity index is 1090. The van der Waals surface area contributed by atoms with Gasteiger partial charge in [-0.05, 0) is 30.3 Å². The van der Waals surface area contributed by atoms with Crippen molar-refractivity contribution in [2.24, 2.45) is 0 Å². The van der Waals surface area contributed by atoms with E-state index in [1.54, 1.807) is 10.8 Å². The van der Waals surface area contributed by atoms with Gasteiger partial charge in [0.05, 0.1) is 26.9 Å². The van der Waals surface area contributed by atoms with E-state index in [9.17, 15) is 28.1 Å². The Labute approximate surface area is 177 Å². The van der Waals surface area contributed by atoms with Gasteiger partial charge in [-0.2, -0.15) is 13.2 Å². The number of nitrogens with one attached hydrogen (secondary N) is 1. The van der Waals surface area contributed by atoms with Crippen molar-refractivity contribution in [3.63, 3.8) is 0 Å². The van der Waals surface area contributed by atoms with Crippen LogP contribution in [0.25, 0.3) is 5.69 Å². The standard InChI is InChI=1S/C18H12ClF3N4O3S/c19-14-6-1-11(18(20,21)22)9-15(14)24-16(27)10-30-17-23-7-8-25(17)12-2-4-13(5-3-12)26(28)29/h1-9H,10H2,(H,24,27). The molecular formula is C18H12ClF3N4O3S. The quantitative estimate of drug-likeness (QED) is 0.313. The lowest BCUT2D eigenvalue weighted by molar-refractivity contribution is -0.384. The molecule has 1 aromatic heterocycles. The fourth-order valence-corrected chi connectivity index (χ4v) is 3.38. The normalized spacial score (nSPS) is 11.3. The number of alkyl halides is 3. The lowest BCUT2D eigenvalue weighted by Gasteiger charge is -2.12. The fourth-order valence-electron chi connectivity index (χ4n) is 2.44. The topological polar surface area (TPSA) is 90.1 Å². The molecule has 3 aromatic rings. The molecule has 0 saturated heterocycles. The Balaban J connectivity index is 1.68. The van der Waals surface area contributed by atoms with E-state index in [2.05, 4.69) is 10.3 Å². The van der Waals surface area contributed by atoms with Gasteiger partial charge in [0.1, 0.15) is 0 Å². The molecule has 1 amide bonds. The van der Waals surface area contributed by atoms with Crippen LogP contribution in [0.15, 0.2) is 60.0 Å². The smallest absolute Gasteiger partial charge is 0.324 e. The minimum atomic E-state index is -4.56. The van der Waals surface area contributed by atoms with E-state index in [0.717, 1.165) is 30.0 Å². The average Bonchev–Trinajstić information content (AvgIpc) is 3.16. The molecule has 3 rings (SSSR count). The van der Waals surface area contributed by atoms with Crippen LogP contribution >= 0.6 is 23.4 Å². The van der Waals surface area contributed by atoms with E-state index in [0.29, 0.717) is 10.8 Å². The Morgan fingerprint density at radius 2 is 1.93 bits per heavy atom. The number of nitro benzene ring substituents is 1. The predicted molar refractivity (Wildman–Crippen MR) is 106 cm³/mol. The number of rotatable bonds is 6. The summed E-state index contributed by atoms with van der Waals surface area (Å²) in [6.07, 6.45) is -1.45. The summed E-state index contributed by atoms with van der Waals surface area (Å²) in [5.74, 6) is -0.712. The van der Waals surface area contributed by atoms with Crippen molar-refractivity contribution >= 4 is 40.6 Å². The number of aromatic nitrogens is 2. The first-order valence-electron chi connectivity index (χ1n) is 8.23. The van der Waals surface area contributed by atoms with Gasteiger partial charge in [-0.15, -0.1) is 0 Å². The molecule has 7 nitrogen and oxygen atoms in total. The molecular weight excluding hydrogens is 445 g/mol. The highest BCUT2D eigenvalue weighted by atomic mass is 35.5. The van der Waals surface area contributed by atoms with Crippen molar-refractivity contribution in [2.75, 3.05) is 11.1 Å². The third kappa shape index (κ3) is 5.10. The average molecular weight is 457 g/mol. The summed E-state index contributed by atoms with van der Waals surface area (Å²) in [6.45, 7) is 0. The number of non-ortho nitro benzene ring substituents is 1. The van der Waals surface area contributed by atoms with Crippen molar-refractivity contribution in [3.05, 3.63) is 75.6 Å². The second-order valence-electron chi connectivity index (χ2n) is 5.88. The second kappa shape index (κ2) is 8.76. The van der Waals surface area contributed by atoms with E-state index < -0.39 is 22.6 Å². The lowest BCUT2D eigenvalue weighted by Crippen LogP contribution is -2.16. The maximum Gasteiger partial charge on any atom is 0.416 e. The number of nitrogens with zero attached hydrogens (tertiary/aromatic N) is 3. The van der Waals surface area contributed by atoms with Crippen molar-refractivity contribution in [3.8, 4) is 5.69 Å². The third-order valence-corrected chi connectivity index (χ3v) is 5.14.